The van der Waals surface area contributed by atoms with Crippen LogP contribution in [0.2, 0.25) is 5.02 Å². The Kier molecular flexibility index (Phi) is 5.08. The van der Waals surface area contributed by atoms with Gasteiger partial charge in [-0.1, -0.05) is 41.9 Å². The van der Waals surface area contributed by atoms with Crippen molar-refractivity contribution in [3.8, 4) is 6.07 Å². The predicted molar refractivity (Wildman–Crippen MR) is 84.7 cm³/mol. The highest BCUT2D eigenvalue weighted by atomic mass is 35.5. The fourth-order valence-electron chi connectivity index (χ4n) is 1.86. The summed E-state index contributed by atoms with van der Waals surface area (Å²) in [6.07, 6.45) is 0.598. The van der Waals surface area contributed by atoms with E-state index in [1.54, 1.807) is 11.8 Å². The van der Waals surface area contributed by atoms with Crippen molar-refractivity contribution in [3.05, 3.63) is 65.2 Å². The molecule has 0 aliphatic carbocycles. The summed E-state index contributed by atoms with van der Waals surface area (Å²) < 4.78 is 0. The number of hydrogen-bond donors (Lipinski definition) is 1. The summed E-state index contributed by atoms with van der Waals surface area (Å²) in [7, 11) is 0. The van der Waals surface area contributed by atoms with E-state index in [9.17, 15) is 5.26 Å². The fourth-order valence-corrected chi connectivity index (χ4v) is 2.98. The molecule has 2 aromatic rings. The molecule has 0 radical (unpaired) electrons. The molecule has 0 heterocycles. The van der Waals surface area contributed by atoms with Crippen LogP contribution in [0.5, 0.6) is 0 Å². The minimum atomic E-state index is -0.930. The van der Waals surface area contributed by atoms with Crippen LogP contribution in [0.25, 0.3) is 0 Å². The van der Waals surface area contributed by atoms with E-state index in [0.29, 0.717) is 6.42 Å². The van der Waals surface area contributed by atoms with Crippen LogP contribution >= 0.6 is 23.4 Å². The average Bonchev–Trinajstić information content (AvgIpc) is 2.50. The van der Waals surface area contributed by atoms with Gasteiger partial charge < -0.3 is 5.73 Å². The highest BCUT2D eigenvalue weighted by molar-refractivity contribution is 7.99. The minimum Gasteiger partial charge on any atom is -0.310 e. The highest BCUT2D eigenvalue weighted by Gasteiger charge is 2.26. The summed E-state index contributed by atoms with van der Waals surface area (Å²) in [5, 5.41) is 10.1. The lowest BCUT2D eigenvalue weighted by molar-refractivity contribution is 0.560. The second-order valence-corrected chi connectivity index (χ2v) is 6.11. The van der Waals surface area contributed by atoms with Gasteiger partial charge in [0.25, 0.3) is 0 Å². The molecule has 0 saturated heterocycles. The Bertz CT molecular complexity index is 592. The largest absolute Gasteiger partial charge is 0.310 e. The summed E-state index contributed by atoms with van der Waals surface area (Å²) in [4.78, 5) is 1.13. The number of hydrogen-bond acceptors (Lipinski definition) is 3. The lowest BCUT2D eigenvalue weighted by Gasteiger charge is -2.21. The molecule has 2 aromatic carbocycles. The molecule has 0 amide bonds. The first-order valence-corrected chi connectivity index (χ1v) is 7.64. The van der Waals surface area contributed by atoms with E-state index >= 15 is 0 Å². The smallest absolute Gasteiger partial charge is 0.130 e. The van der Waals surface area contributed by atoms with E-state index in [4.69, 9.17) is 17.3 Å². The SMILES string of the molecule is N#CC(N)(CCSc1ccc(Cl)cc1)c1ccccc1. The molecule has 1 unspecified atom stereocenters. The van der Waals surface area contributed by atoms with Crippen molar-refractivity contribution in [2.45, 2.75) is 16.9 Å². The van der Waals surface area contributed by atoms with Crippen molar-refractivity contribution >= 4 is 23.4 Å². The molecule has 102 valence electrons. The van der Waals surface area contributed by atoms with Gasteiger partial charge in [-0.25, -0.2) is 0 Å². The first-order chi connectivity index (χ1) is 9.64. The van der Waals surface area contributed by atoms with Gasteiger partial charge in [-0.2, -0.15) is 5.26 Å². The van der Waals surface area contributed by atoms with Crippen LogP contribution in [0.1, 0.15) is 12.0 Å². The third-order valence-electron chi connectivity index (χ3n) is 3.07. The Labute approximate surface area is 128 Å². The third kappa shape index (κ3) is 3.77. The summed E-state index contributed by atoms with van der Waals surface area (Å²) >= 11 is 7.52. The van der Waals surface area contributed by atoms with Gasteiger partial charge in [0.1, 0.15) is 5.54 Å². The van der Waals surface area contributed by atoms with Gasteiger partial charge in [-0.15, -0.1) is 11.8 Å². The van der Waals surface area contributed by atoms with Crippen LogP contribution in [0.4, 0.5) is 0 Å². The van der Waals surface area contributed by atoms with Crippen molar-refractivity contribution in [1.82, 2.24) is 0 Å². The van der Waals surface area contributed by atoms with Crippen LogP contribution in [0, 0.1) is 11.3 Å². The van der Waals surface area contributed by atoms with Crippen molar-refractivity contribution in [3.63, 3.8) is 0 Å². The Morgan fingerprint density at radius 1 is 1.10 bits per heavy atom. The summed E-state index contributed by atoms with van der Waals surface area (Å²) in [6, 6.07) is 19.4. The molecule has 2 N–H and O–H groups in total. The van der Waals surface area contributed by atoms with Crippen LogP contribution in [0.3, 0.4) is 0 Å². The van der Waals surface area contributed by atoms with Gasteiger partial charge in [-0.3, -0.25) is 0 Å². The Hall–Kier alpha value is -1.47. The third-order valence-corrected chi connectivity index (χ3v) is 4.33. The molecule has 0 aliphatic rings. The van der Waals surface area contributed by atoms with Crippen LogP contribution < -0.4 is 5.73 Å². The Balaban J connectivity index is 1.98. The van der Waals surface area contributed by atoms with Crippen LogP contribution in [0.15, 0.2) is 59.5 Å². The van der Waals surface area contributed by atoms with E-state index < -0.39 is 5.54 Å². The summed E-state index contributed by atoms with van der Waals surface area (Å²) in [6.45, 7) is 0. The molecule has 2 rings (SSSR count). The lowest BCUT2D eigenvalue weighted by Crippen LogP contribution is -2.35. The number of nitriles is 1. The van der Waals surface area contributed by atoms with Gasteiger partial charge in [0.15, 0.2) is 0 Å². The van der Waals surface area contributed by atoms with Gasteiger partial charge in [0, 0.05) is 15.7 Å². The molecule has 0 saturated carbocycles. The van der Waals surface area contributed by atoms with Gasteiger partial charge in [-0.05, 0) is 36.2 Å². The zero-order valence-corrected chi connectivity index (χ0v) is 12.5. The van der Waals surface area contributed by atoms with Crippen LogP contribution in [-0.4, -0.2) is 5.75 Å². The fraction of sp³-hybridized carbons (Fsp3) is 0.188. The number of nitrogens with two attached hydrogens (primary N) is 1. The normalized spacial score (nSPS) is 13.4. The molecule has 1 atom stereocenters. The first-order valence-electron chi connectivity index (χ1n) is 6.28. The molecule has 0 spiro atoms. The van der Waals surface area contributed by atoms with Gasteiger partial charge in [0.05, 0.1) is 6.07 Å². The van der Waals surface area contributed by atoms with Crippen molar-refractivity contribution in [2.75, 3.05) is 5.75 Å². The monoisotopic (exact) mass is 302 g/mol. The molecule has 20 heavy (non-hydrogen) atoms. The van der Waals surface area contributed by atoms with E-state index in [1.807, 2.05) is 54.6 Å². The number of nitrogens with zero attached hydrogens (tertiary/aromatic N) is 1. The van der Waals surface area contributed by atoms with Crippen molar-refractivity contribution in [2.24, 2.45) is 5.73 Å². The number of benzene rings is 2. The number of thioether (sulfide) groups is 1. The predicted octanol–water partition coefficient (Wildman–Crippen LogP) is 4.20. The Morgan fingerprint density at radius 2 is 1.75 bits per heavy atom. The minimum absolute atomic E-state index is 0.598. The maximum atomic E-state index is 9.37. The topological polar surface area (TPSA) is 49.8 Å². The Morgan fingerprint density at radius 3 is 2.35 bits per heavy atom. The average molecular weight is 303 g/mol. The maximum Gasteiger partial charge on any atom is 0.130 e. The maximum absolute atomic E-state index is 9.37. The highest BCUT2D eigenvalue weighted by Crippen LogP contribution is 2.27. The lowest BCUT2D eigenvalue weighted by atomic mass is 9.90. The zero-order chi connectivity index (χ0) is 14.4. The zero-order valence-electron chi connectivity index (χ0n) is 10.9. The van der Waals surface area contributed by atoms with Crippen LogP contribution in [-0.2, 0) is 5.54 Å². The van der Waals surface area contributed by atoms with E-state index in [2.05, 4.69) is 6.07 Å². The molecule has 0 fully saturated rings. The first kappa shape index (κ1) is 14.9. The molecule has 0 aliphatic heterocycles. The molecule has 4 heteroatoms. The number of rotatable bonds is 5. The summed E-state index contributed by atoms with van der Waals surface area (Å²) in [5.41, 5.74) is 6.14. The quantitative estimate of drug-likeness (QED) is 0.842. The number of halogens is 1. The summed E-state index contributed by atoms with van der Waals surface area (Å²) in [5.74, 6) is 0.778. The molecule has 0 aromatic heterocycles. The molecular formula is C16H15ClN2S. The van der Waals surface area contributed by atoms with E-state index in [-0.39, 0.29) is 0 Å². The molecular weight excluding hydrogens is 288 g/mol. The van der Waals surface area contributed by atoms with Crippen molar-refractivity contribution < 1.29 is 0 Å². The standard InChI is InChI=1S/C16H15ClN2S/c17-14-6-8-15(9-7-14)20-11-10-16(19,12-18)13-4-2-1-3-5-13/h1-9H,10-11,19H2. The molecule has 0 bridgehead atoms. The van der Waals surface area contributed by atoms with Gasteiger partial charge >= 0.3 is 0 Å². The van der Waals surface area contributed by atoms with E-state index in [1.165, 1.54) is 0 Å². The second kappa shape index (κ2) is 6.81. The molecule has 2 nitrogen and oxygen atoms in total. The second-order valence-electron chi connectivity index (χ2n) is 4.50. The van der Waals surface area contributed by atoms with Gasteiger partial charge in [0.2, 0.25) is 0 Å². The van der Waals surface area contributed by atoms with Crippen molar-refractivity contribution in [1.29, 1.82) is 5.26 Å². The van der Waals surface area contributed by atoms with E-state index in [0.717, 1.165) is 21.2 Å².